The summed E-state index contributed by atoms with van der Waals surface area (Å²) >= 11 is 0. The van der Waals surface area contributed by atoms with Gasteiger partial charge in [0.1, 0.15) is 11.2 Å². The number of benzene rings is 9. The van der Waals surface area contributed by atoms with Gasteiger partial charge in [-0.1, -0.05) is 164 Å². The van der Waals surface area contributed by atoms with Gasteiger partial charge >= 0.3 is 0 Å². The number of aromatic nitrogens is 3. The predicted octanol–water partition coefficient (Wildman–Crippen LogP) is 14.1. The van der Waals surface area contributed by atoms with Gasteiger partial charge < -0.3 is 4.42 Å². The molecule has 0 aliphatic heterocycles. The van der Waals surface area contributed by atoms with Gasteiger partial charge in [-0.05, 0) is 91.3 Å². The van der Waals surface area contributed by atoms with E-state index in [1.807, 2.05) is 42.5 Å². The lowest BCUT2D eigenvalue weighted by Crippen LogP contribution is -2.01. The molecule has 0 N–H and O–H groups in total. The molecule has 0 saturated carbocycles. The summed E-state index contributed by atoms with van der Waals surface area (Å²) in [5.74, 6) is 1.83. The predicted molar refractivity (Wildman–Crippen MR) is 235 cm³/mol. The van der Waals surface area contributed by atoms with Gasteiger partial charge in [-0.2, -0.15) is 0 Å². The van der Waals surface area contributed by atoms with Crippen molar-refractivity contribution >= 4 is 43.5 Å². The van der Waals surface area contributed by atoms with Crippen molar-refractivity contribution in [1.82, 2.24) is 15.0 Å². The van der Waals surface area contributed by atoms with E-state index in [2.05, 4.69) is 158 Å². The van der Waals surface area contributed by atoms with Gasteiger partial charge in [-0.25, -0.2) is 15.0 Å². The highest BCUT2D eigenvalue weighted by Gasteiger charge is 2.20. The highest BCUT2D eigenvalue weighted by molar-refractivity contribution is 6.15. The Balaban J connectivity index is 1.21. The number of nitrogens with zero attached hydrogens (tertiary/aromatic N) is 3. The molecule has 2 heterocycles. The Kier molecular flexibility index (Phi) is 7.78. The maximum atomic E-state index is 6.39. The second-order valence-electron chi connectivity index (χ2n) is 14.4. The van der Waals surface area contributed by atoms with Crippen LogP contribution in [-0.2, 0) is 0 Å². The van der Waals surface area contributed by atoms with Gasteiger partial charge in [-0.15, -0.1) is 0 Å². The molecule has 266 valence electrons. The summed E-state index contributed by atoms with van der Waals surface area (Å²) in [6.07, 6.45) is 0. The number of fused-ring (bicyclic) bond motifs is 6. The van der Waals surface area contributed by atoms with Gasteiger partial charge in [0.05, 0.1) is 0 Å². The van der Waals surface area contributed by atoms with Crippen LogP contribution < -0.4 is 0 Å². The van der Waals surface area contributed by atoms with E-state index in [1.54, 1.807) is 0 Å². The number of rotatable bonds is 6. The van der Waals surface area contributed by atoms with E-state index in [0.29, 0.717) is 17.5 Å². The van der Waals surface area contributed by atoms with Gasteiger partial charge in [0, 0.05) is 27.5 Å². The van der Waals surface area contributed by atoms with Gasteiger partial charge in [-0.3, -0.25) is 0 Å². The fourth-order valence-electron chi connectivity index (χ4n) is 8.27. The Bertz CT molecular complexity index is 3300. The van der Waals surface area contributed by atoms with Gasteiger partial charge in [0.25, 0.3) is 0 Å². The zero-order valence-electron chi connectivity index (χ0n) is 30.8. The van der Waals surface area contributed by atoms with Crippen LogP contribution >= 0.6 is 0 Å². The molecule has 0 atom stereocenters. The van der Waals surface area contributed by atoms with Gasteiger partial charge in [0.2, 0.25) is 0 Å². The molecular weight excluding hydrogens is 695 g/mol. The van der Waals surface area contributed by atoms with Crippen LogP contribution in [0.2, 0.25) is 0 Å². The minimum atomic E-state index is 0.596. The maximum absolute atomic E-state index is 6.39. The molecule has 0 bridgehead atoms. The molecule has 2 aromatic heterocycles. The van der Waals surface area contributed by atoms with Crippen LogP contribution in [-0.4, -0.2) is 15.0 Å². The van der Waals surface area contributed by atoms with Crippen molar-refractivity contribution in [3.63, 3.8) is 0 Å². The second-order valence-corrected chi connectivity index (χ2v) is 14.4. The van der Waals surface area contributed by atoms with Crippen molar-refractivity contribution in [2.45, 2.75) is 0 Å². The molecule has 0 unspecified atom stereocenters. The van der Waals surface area contributed by atoms with E-state index in [9.17, 15) is 0 Å². The smallest absolute Gasteiger partial charge is 0.164 e. The SMILES string of the molecule is c1ccc(-c2nc(-c3cc(-c4cc5ccccc5c5ccccc45)cc(-c4cccc5oc6ccccc6c45)c3)nc(-c3ccccc3-c3ccccc3)n2)cc1. The molecule has 4 heteroatoms. The second kappa shape index (κ2) is 13.6. The largest absolute Gasteiger partial charge is 0.456 e. The summed E-state index contributed by atoms with van der Waals surface area (Å²) in [5.41, 5.74) is 11.0. The molecule has 4 nitrogen and oxygen atoms in total. The standard InChI is InChI=1S/C53H33N3O/c1-3-16-34(17-4-1)40-21-9-12-25-45(40)53-55-51(35-18-5-2-6-19-35)54-52(56-53)39-31-37(42-27-15-29-49-50(42)46-26-13-14-28-48(46)57-49)30-38(32-39)47-33-36-20-7-8-22-41(36)43-23-10-11-24-44(43)47/h1-33H. The third kappa shape index (κ3) is 5.74. The summed E-state index contributed by atoms with van der Waals surface area (Å²) in [7, 11) is 0. The number of hydrogen-bond donors (Lipinski definition) is 0. The molecule has 9 aromatic carbocycles. The van der Waals surface area contributed by atoms with Crippen molar-refractivity contribution in [1.29, 1.82) is 0 Å². The van der Waals surface area contributed by atoms with Crippen LogP contribution in [0.25, 0.3) is 111 Å². The molecule has 0 aliphatic carbocycles. The first-order valence-electron chi connectivity index (χ1n) is 19.2. The Morgan fingerprint density at radius 3 is 1.60 bits per heavy atom. The van der Waals surface area contributed by atoms with E-state index in [1.165, 1.54) is 21.5 Å². The molecular formula is C53H33N3O. The van der Waals surface area contributed by atoms with E-state index >= 15 is 0 Å². The van der Waals surface area contributed by atoms with Crippen LogP contribution in [0.3, 0.4) is 0 Å². The number of para-hydroxylation sites is 1. The molecule has 0 fully saturated rings. The van der Waals surface area contributed by atoms with Gasteiger partial charge in [0.15, 0.2) is 17.5 Å². The van der Waals surface area contributed by atoms with Crippen molar-refractivity contribution in [2.75, 3.05) is 0 Å². The lowest BCUT2D eigenvalue weighted by atomic mass is 9.89. The fourth-order valence-corrected chi connectivity index (χ4v) is 8.27. The van der Waals surface area contributed by atoms with E-state index in [-0.39, 0.29) is 0 Å². The van der Waals surface area contributed by atoms with Crippen molar-refractivity contribution < 1.29 is 4.42 Å². The topological polar surface area (TPSA) is 51.8 Å². The molecule has 0 saturated heterocycles. The van der Waals surface area contributed by atoms with Crippen molar-refractivity contribution in [3.8, 4) is 67.5 Å². The summed E-state index contributed by atoms with van der Waals surface area (Å²) < 4.78 is 6.39. The zero-order valence-corrected chi connectivity index (χ0v) is 30.8. The third-order valence-electron chi connectivity index (χ3n) is 10.9. The van der Waals surface area contributed by atoms with Crippen LogP contribution in [0.5, 0.6) is 0 Å². The average Bonchev–Trinajstić information content (AvgIpc) is 3.68. The van der Waals surface area contributed by atoms with Crippen molar-refractivity contribution in [2.24, 2.45) is 0 Å². The van der Waals surface area contributed by atoms with Crippen LogP contribution in [0, 0.1) is 0 Å². The quantitative estimate of drug-likeness (QED) is 0.160. The molecule has 57 heavy (non-hydrogen) atoms. The van der Waals surface area contributed by atoms with Crippen molar-refractivity contribution in [3.05, 3.63) is 200 Å². The molecule has 0 aliphatic rings. The maximum Gasteiger partial charge on any atom is 0.164 e. The highest BCUT2D eigenvalue weighted by atomic mass is 16.3. The third-order valence-corrected chi connectivity index (χ3v) is 10.9. The summed E-state index contributed by atoms with van der Waals surface area (Å²) in [4.78, 5) is 15.7. The highest BCUT2D eigenvalue weighted by Crippen LogP contribution is 2.42. The summed E-state index contributed by atoms with van der Waals surface area (Å²) in [6.45, 7) is 0. The lowest BCUT2D eigenvalue weighted by Gasteiger charge is -2.16. The molecule has 11 rings (SSSR count). The first kappa shape index (κ1) is 32.7. The Morgan fingerprint density at radius 1 is 0.281 bits per heavy atom. The number of hydrogen-bond acceptors (Lipinski definition) is 4. The summed E-state index contributed by atoms with van der Waals surface area (Å²) in [5, 5.41) is 6.98. The van der Waals surface area contributed by atoms with Crippen LogP contribution in [0.15, 0.2) is 205 Å². The fraction of sp³-hybridized carbons (Fsp3) is 0. The van der Waals surface area contributed by atoms with E-state index < -0.39 is 0 Å². The molecule has 0 radical (unpaired) electrons. The van der Waals surface area contributed by atoms with E-state index in [0.717, 1.165) is 72.0 Å². The lowest BCUT2D eigenvalue weighted by molar-refractivity contribution is 0.669. The first-order valence-corrected chi connectivity index (χ1v) is 19.2. The zero-order chi connectivity index (χ0) is 37.7. The Hall–Kier alpha value is -7.69. The molecule has 11 aromatic rings. The Labute approximate surface area is 329 Å². The normalized spacial score (nSPS) is 11.5. The average molecular weight is 728 g/mol. The number of furan rings is 1. The Morgan fingerprint density at radius 2 is 0.807 bits per heavy atom. The van der Waals surface area contributed by atoms with Crippen LogP contribution in [0.1, 0.15) is 0 Å². The van der Waals surface area contributed by atoms with Crippen LogP contribution in [0.4, 0.5) is 0 Å². The molecule has 0 spiro atoms. The molecule has 0 amide bonds. The monoisotopic (exact) mass is 727 g/mol. The first-order chi connectivity index (χ1) is 28.2. The summed E-state index contributed by atoms with van der Waals surface area (Å²) in [6, 6.07) is 69.9. The van der Waals surface area contributed by atoms with E-state index in [4.69, 9.17) is 19.4 Å². The minimum absolute atomic E-state index is 0.596. The minimum Gasteiger partial charge on any atom is -0.456 e.